The molecule has 2 aromatic heterocycles. The summed E-state index contributed by atoms with van der Waals surface area (Å²) in [5.41, 5.74) is 3.48. The first kappa shape index (κ1) is 34.2. The van der Waals surface area contributed by atoms with Gasteiger partial charge in [-0.25, -0.2) is 14.4 Å². The molecular formula is C35H29F4N3O5. The number of alkyl halides is 3. The number of carbonyl (C=O) groups is 3. The number of aliphatic carboxylic acids is 2. The number of fused-ring (bicyclic) bond motifs is 1. The molecule has 3 aromatic carbocycles. The number of carboxylic acid groups (broad SMARTS) is 2. The van der Waals surface area contributed by atoms with Crippen LogP contribution in [0.5, 0.6) is 0 Å². The van der Waals surface area contributed by atoms with Crippen molar-refractivity contribution in [3.8, 4) is 22.4 Å². The molecule has 5 rings (SSSR count). The minimum atomic E-state index is -4.77. The van der Waals surface area contributed by atoms with E-state index in [1.165, 1.54) is 6.07 Å². The van der Waals surface area contributed by atoms with E-state index >= 15 is 0 Å². The van der Waals surface area contributed by atoms with Crippen LogP contribution in [0.15, 0.2) is 97.2 Å². The molecule has 1 amide bonds. The summed E-state index contributed by atoms with van der Waals surface area (Å²) in [6.07, 6.45) is -3.48. The molecule has 0 aliphatic carbocycles. The lowest BCUT2D eigenvalue weighted by Crippen LogP contribution is -2.28. The van der Waals surface area contributed by atoms with E-state index in [1.54, 1.807) is 30.5 Å². The van der Waals surface area contributed by atoms with Crippen LogP contribution < -0.4 is 5.32 Å². The van der Waals surface area contributed by atoms with Crippen molar-refractivity contribution in [2.75, 3.05) is 0 Å². The summed E-state index contributed by atoms with van der Waals surface area (Å²) < 4.78 is 52.8. The lowest BCUT2D eigenvalue weighted by Gasteiger charge is -2.16. The van der Waals surface area contributed by atoms with Gasteiger partial charge >= 0.3 is 18.1 Å². The predicted octanol–water partition coefficient (Wildman–Crippen LogP) is 7.48. The highest BCUT2D eigenvalue weighted by Gasteiger charge is 2.34. The molecule has 0 radical (unpaired) electrons. The van der Waals surface area contributed by atoms with Gasteiger partial charge in [-0.3, -0.25) is 14.4 Å². The molecule has 47 heavy (non-hydrogen) atoms. The summed E-state index contributed by atoms with van der Waals surface area (Å²) in [4.78, 5) is 40.8. The van der Waals surface area contributed by atoms with Crippen LogP contribution in [0.2, 0.25) is 0 Å². The fourth-order valence-electron chi connectivity index (χ4n) is 4.57. The van der Waals surface area contributed by atoms with Gasteiger partial charge in [0.15, 0.2) is 5.65 Å². The van der Waals surface area contributed by atoms with Gasteiger partial charge in [0.05, 0.1) is 36.6 Å². The maximum atomic E-state index is 13.6. The molecule has 1 atom stereocenters. The Kier molecular flexibility index (Phi) is 11.0. The van der Waals surface area contributed by atoms with Crippen LogP contribution in [0, 0.1) is 5.82 Å². The number of hydrogen-bond acceptors (Lipinski definition) is 5. The Bertz CT molecular complexity index is 1860. The molecule has 12 heteroatoms. The normalized spacial score (nSPS) is 11.7. The van der Waals surface area contributed by atoms with E-state index in [4.69, 9.17) is 10.2 Å². The SMILES string of the molecule is C[C@H](NC(=O)Cc1ccc(-c2ccc3cccnc3n2)cc1)c1ccc(-c2ccc(F)c(C(F)(F)F)c2)cc1.O=C(O)CCC(=O)O. The van der Waals surface area contributed by atoms with E-state index in [0.717, 1.165) is 39.9 Å². The zero-order valence-corrected chi connectivity index (χ0v) is 25.0. The third-order valence-corrected chi connectivity index (χ3v) is 7.02. The first-order valence-corrected chi connectivity index (χ1v) is 14.3. The van der Waals surface area contributed by atoms with E-state index < -0.39 is 29.5 Å². The van der Waals surface area contributed by atoms with Crippen molar-refractivity contribution in [3.63, 3.8) is 0 Å². The third-order valence-electron chi connectivity index (χ3n) is 7.02. The maximum absolute atomic E-state index is 13.6. The number of amides is 1. The van der Waals surface area contributed by atoms with Gasteiger partial charge in [0.1, 0.15) is 5.82 Å². The minimum Gasteiger partial charge on any atom is -0.481 e. The van der Waals surface area contributed by atoms with E-state index in [9.17, 15) is 31.9 Å². The molecule has 0 fully saturated rings. The van der Waals surface area contributed by atoms with Crippen LogP contribution in [0.3, 0.4) is 0 Å². The molecule has 0 unspecified atom stereocenters. The number of nitrogens with zero attached hydrogens (tertiary/aromatic N) is 2. The number of hydrogen-bond donors (Lipinski definition) is 3. The van der Waals surface area contributed by atoms with Gasteiger partial charge in [0.2, 0.25) is 5.91 Å². The van der Waals surface area contributed by atoms with Crippen molar-refractivity contribution in [1.29, 1.82) is 0 Å². The van der Waals surface area contributed by atoms with Crippen molar-refractivity contribution < 1.29 is 42.2 Å². The molecule has 0 aliphatic heterocycles. The Morgan fingerprint density at radius 2 is 1.43 bits per heavy atom. The number of rotatable bonds is 9. The Balaban J connectivity index is 0.000000555. The molecule has 5 aromatic rings. The van der Waals surface area contributed by atoms with Crippen LogP contribution in [0.1, 0.15) is 42.5 Å². The first-order valence-electron chi connectivity index (χ1n) is 14.3. The molecule has 0 aliphatic rings. The molecule has 8 nitrogen and oxygen atoms in total. The summed E-state index contributed by atoms with van der Waals surface area (Å²) >= 11 is 0. The highest BCUT2D eigenvalue weighted by Crippen LogP contribution is 2.34. The minimum absolute atomic E-state index is 0.166. The van der Waals surface area contributed by atoms with E-state index in [2.05, 4.69) is 15.3 Å². The van der Waals surface area contributed by atoms with Gasteiger partial charge < -0.3 is 15.5 Å². The average molecular weight is 648 g/mol. The average Bonchev–Trinajstić information content (AvgIpc) is 3.04. The fraction of sp³-hybridized carbons (Fsp3) is 0.171. The largest absolute Gasteiger partial charge is 0.481 e. The Morgan fingerprint density at radius 1 is 0.809 bits per heavy atom. The summed E-state index contributed by atoms with van der Waals surface area (Å²) in [6.45, 7) is 1.83. The van der Waals surface area contributed by atoms with E-state index in [0.29, 0.717) is 11.2 Å². The fourth-order valence-corrected chi connectivity index (χ4v) is 4.57. The van der Waals surface area contributed by atoms with Crippen molar-refractivity contribution >= 4 is 28.9 Å². The summed E-state index contributed by atoms with van der Waals surface area (Å²) in [5, 5.41) is 19.7. The summed E-state index contributed by atoms with van der Waals surface area (Å²) in [6, 6.07) is 24.7. The zero-order valence-electron chi connectivity index (χ0n) is 25.0. The predicted molar refractivity (Wildman–Crippen MR) is 167 cm³/mol. The van der Waals surface area contributed by atoms with Crippen LogP contribution in [-0.4, -0.2) is 38.0 Å². The standard InChI is InChI=1S/C31H23F4N3O.C4H6O4/c1-19(21-8-10-22(11-9-21)25-12-14-27(32)26(18-25)31(33,34)35)37-29(39)17-20-4-6-23(7-5-20)28-15-13-24-3-2-16-36-30(24)38-28;5-3(6)1-2-4(7)8/h2-16,18-19H,17H2,1H3,(H,37,39);1-2H2,(H,5,6)(H,7,8)/t19-;/m0./s1. The van der Waals surface area contributed by atoms with Gasteiger partial charge in [-0.15, -0.1) is 0 Å². The molecular weight excluding hydrogens is 618 g/mol. The van der Waals surface area contributed by atoms with Gasteiger partial charge in [-0.2, -0.15) is 13.2 Å². The van der Waals surface area contributed by atoms with Crippen LogP contribution in [0.25, 0.3) is 33.4 Å². The Labute approximate surface area is 266 Å². The number of benzene rings is 3. The summed E-state index contributed by atoms with van der Waals surface area (Å²) in [5.74, 6) is -3.63. The van der Waals surface area contributed by atoms with Crippen LogP contribution >= 0.6 is 0 Å². The lowest BCUT2D eigenvalue weighted by molar-refractivity contribution is -0.143. The number of carbonyl (C=O) groups excluding carboxylic acids is 1. The number of halogens is 4. The molecule has 242 valence electrons. The second kappa shape index (κ2) is 15.1. The Hall–Kier alpha value is -5.65. The highest BCUT2D eigenvalue weighted by atomic mass is 19.4. The Morgan fingerprint density at radius 3 is 2.04 bits per heavy atom. The van der Waals surface area contributed by atoms with Crippen molar-refractivity contribution in [2.24, 2.45) is 0 Å². The number of aromatic nitrogens is 2. The van der Waals surface area contributed by atoms with E-state index in [1.807, 2.05) is 55.5 Å². The monoisotopic (exact) mass is 647 g/mol. The highest BCUT2D eigenvalue weighted by molar-refractivity contribution is 5.80. The lowest BCUT2D eigenvalue weighted by atomic mass is 9.99. The number of carboxylic acids is 2. The van der Waals surface area contributed by atoms with Crippen molar-refractivity contribution in [1.82, 2.24) is 15.3 Å². The van der Waals surface area contributed by atoms with Crippen LogP contribution in [-0.2, 0) is 27.0 Å². The smallest absolute Gasteiger partial charge is 0.419 e. The second-order valence-corrected chi connectivity index (χ2v) is 10.5. The van der Waals surface area contributed by atoms with Crippen LogP contribution in [0.4, 0.5) is 17.6 Å². The van der Waals surface area contributed by atoms with Gasteiger partial charge in [-0.05, 0) is 65.6 Å². The van der Waals surface area contributed by atoms with Gasteiger partial charge in [0.25, 0.3) is 0 Å². The molecule has 2 heterocycles. The number of pyridine rings is 2. The summed E-state index contributed by atoms with van der Waals surface area (Å²) in [7, 11) is 0. The third kappa shape index (κ3) is 9.67. The van der Waals surface area contributed by atoms with E-state index in [-0.39, 0.29) is 36.8 Å². The van der Waals surface area contributed by atoms with Gasteiger partial charge in [-0.1, -0.05) is 54.6 Å². The maximum Gasteiger partial charge on any atom is 0.419 e. The number of nitrogens with one attached hydrogen (secondary N) is 1. The molecule has 0 spiro atoms. The van der Waals surface area contributed by atoms with Crippen molar-refractivity contribution in [3.05, 3.63) is 120 Å². The molecule has 0 saturated heterocycles. The quantitative estimate of drug-likeness (QED) is 0.142. The molecule has 0 bridgehead atoms. The van der Waals surface area contributed by atoms with Gasteiger partial charge in [0, 0.05) is 17.1 Å². The molecule has 3 N–H and O–H groups in total. The van der Waals surface area contributed by atoms with Crippen molar-refractivity contribution in [2.45, 2.75) is 38.4 Å². The second-order valence-electron chi connectivity index (χ2n) is 10.5. The molecule has 0 saturated carbocycles. The zero-order chi connectivity index (χ0) is 34.1. The first-order chi connectivity index (χ1) is 22.3. The topological polar surface area (TPSA) is 129 Å².